The zero-order valence-corrected chi connectivity index (χ0v) is 29.5. The molecule has 0 saturated carbocycles. The van der Waals surface area contributed by atoms with Crippen LogP contribution in [-0.2, 0) is 22.7 Å². The molecule has 2 atom stereocenters. The molecule has 2 fully saturated rings. The molecular formula is C38H37Cl2N7O4. The van der Waals surface area contributed by atoms with Crippen molar-refractivity contribution >= 4 is 45.9 Å². The van der Waals surface area contributed by atoms with Crippen molar-refractivity contribution in [3.63, 3.8) is 0 Å². The van der Waals surface area contributed by atoms with Gasteiger partial charge in [-0.2, -0.15) is 4.98 Å². The summed E-state index contributed by atoms with van der Waals surface area (Å²) in [5.74, 6) is 1.15. The number of pyridine rings is 1. The Labute approximate surface area is 304 Å². The highest BCUT2D eigenvalue weighted by atomic mass is 35.5. The number of methoxy groups -OCH3 is 1. The number of nitrogens with zero attached hydrogens (tertiary/aromatic N) is 2. The van der Waals surface area contributed by atoms with E-state index in [4.69, 9.17) is 32.9 Å². The first-order valence-electron chi connectivity index (χ1n) is 16.9. The Morgan fingerprint density at radius 2 is 1.39 bits per heavy atom. The predicted octanol–water partition coefficient (Wildman–Crippen LogP) is 5.37. The molecule has 0 spiro atoms. The summed E-state index contributed by atoms with van der Waals surface area (Å²) in [6, 6.07) is 21.1. The molecule has 5 N–H and O–H groups in total. The summed E-state index contributed by atoms with van der Waals surface area (Å²) in [5.41, 5.74) is 5.70. The first-order valence-corrected chi connectivity index (χ1v) is 17.7. The van der Waals surface area contributed by atoms with E-state index in [0.717, 1.165) is 46.2 Å². The lowest BCUT2D eigenvalue weighted by molar-refractivity contribution is -0.120. The number of halogens is 2. The second-order valence-corrected chi connectivity index (χ2v) is 13.6. The van der Waals surface area contributed by atoms with Crippen molar-refractivity contribution in [2.75, 3.05) is 20.2 Å². The van der Waals surface area contributed by atoms with Crippen LogP contribution in [0.25, 0.3) is 44.4 Å². The molecule has 3 aromatic carbocycles. The third-order valence-corrected chi connectivity index (χ3v) is 10.1. The number of benzene rings is 3. The van der Waals surface area contributed by atoms with Gasteiger partial charge in [0.1, 0.15) is 5.82 Å². The Morgan fingerprint density at radius 3 is 2.04 bits per heavy atom. The third kappa shape index (κ3) is 7.62. The molecule has 2 aromatic heterocycles. The highest BCUT2D eigenvalue weighted by Gasteiger charge is 2.22. The molecule has 2 aliphatic rings. The van der Waals surface area contributed by atoms with Gasteiger partial charge in [-0.15, -0.1) is 0 Å². The van der Waals surface area contributed by atoms with Gasteiger partial charge in [0, 0.05) is 72.4 Å². The van der Waals surface area contributed by atoms with Crippen LogP contribution in [0.1, 0.15) is 37.1 Å². The smallest absolute Gasteiger partial charge is 0.280 e. The Bertz CT molecular complexity index is 2190. The Morgan fingerprint density at radius 1 is 0.765 bits per heavy atom. The lowest BCUT2D eigenvalue weighted by Gasteiger charge is -2.16. The normalized spacial score (nSPS) is 17.2. The lowest BCUT2D eigenvalue weighted by atomic mass is 9.96. The maximum Gasteiger partial charge on any atom is 0.280 e. The zero-order chi connectivity index (χ0) is 35.5. The van der Waals surface area contributed by atoms with Gasteiger partial charge in [0.2, 0.25) is 17.7 Å². The van der Waals surface area contributed by atoms with Gasteiger partial charge in [-0.3, -0.25) is 14.4 Å². The van der Waals surface area contributed by atoms with Crippen LogP contribution in [0.4, 0.5) is 0 Å². The highest BCUT2D eigenvalue weighted by molar-refractivity contribution is 6.39. The van der Waals surface area contributed by atoms with E-state index >= 15 is 0 Å². The molecule has 13 heteroatoms. The molecular weight excluding hydrogens is 689 g/mol. The fourth-order valence-corrected chi connectivity index (χ4v) is 7.35. The number of hydrogen-bond acceptors (Lipinski definition) is 8. The van der Waals surface area contributed by atoms with Gasteiger partial charge in [-0.25, -0.2) is 4.98 Å². The van der Waals surface area contributed by atoms with Crippen LogP contribution in [0, 0.1) is 0 Å². The van der Waals surface area contributed by atoms with E-state index in [1.807, 2.05) is 60.7 Å². The van der Waals surface area contributed by atoms with Crippen LogP contribution in [-0.4, -0.2) is 59.0 Å². The lowest BCUT2D eigenvalue weighted by Crippen LogP contribution is -2.35. The second kappa shape index (κ2) is 15.2. The molecule has 0 radical (unpaired) electrons. The number of amides is 2. The summed E-state index contributed by atoms with van der Waals surface area (Å²) in [7, 11) is 1.59. The standard InChI is InChI=1S/C38H37Cl2N7O4/c1-51-38-22(17-41-18-23-10-14-33(48)43-23)9-13-30(46-38)28-7-3-6-27(36(28)40)26-5-2-4-25(35(26)39)21-8-12-29-31(16-21)45-32(47-37(29)50)20-42-19-24-11-15-34(49)44-24/h2-9,12-13,16,23-24,41-42H,10-11,14-15,17-20H2,1H3,(H,43,48)(H,44,49)(H,45,47,50)/t23-,24+/m0/s1. The molecule has 51 heavy (non-hydrogen) atoms. The Kier molecular flexibility index (Phi) is 10.3. The third-order valence-electron chi connectivity index (χ3n) is 9.33. The first kappa shape index (κ1) is 34.6. The fourth-order valence-electron chi connectivity index (χ4n) is 6.69. The van der Waals surface area contributed by atoms with E-state index in [-0.39, 0.29) is 29.5 Å². The van der Waals surface area contributed by atoms with Crippen molar-refractivity contribution in [3.05, 3.63) is 98.5 Å². The number of ether oxygens (including phenoxy) is 1. The topological polar surface area (TPSA) is 150 Å². The van der Waals surface area contributed by atoms with Gasteiger partial charge in [-0.1, -0.05) is 71.7 Å². The molecule has 4 heterocycles. The van der Waals surface area contributed by atoms with E-state index in [1.165, 1.54) is 0 Å². The van der Waals surface area contributed by atoms with Gasteiger partial charge < -0.3 is 31.0 Å². The number of H-pyrrole nitrogens is 1. The minimum atomic E-state index is -0.321. The number of carbonyl (C=O) groups is 2. The molecule has 2 amide bonds. The van der Waals surface area contributed by atoms with Gasteiger partial charge >= 0.3 is 0 Å². The SMILES string of the molecule is COc1nc(-c2cccc(-c3cccc(-c4ccc5c(=O)nc(CNC[C@H]6CCC(=O)N6)[nH]c5c4)c3Cl)c2Cl)ccc1CNC[C@@H]1CCC(=O)N1. The van der Waals surface area contributed by atoms with Crippen molar-refractivity contribution in [1.29, 1.82) is 0 Å². The van der Waals surface area contributed by atoms with E-state index in [1.54, 1.807) is 13.2 Å². The Hall–Kier alpha value is -4.81. The van der Waals surface area contributed by atoms with E-state index in [2.05, 4.69) is 31.2 Å². The molecule has 0 aliphatic carbocycles. The molecule has 7 rings (SSSR count). The van der Waals surface area contributed by atoms with Crippen molar-refractivity contribution in [2.24, 2.45) is 0 Å². The quantitative estimate of drug-likeness (QED) is 0.115. The molecule has 0 unspecified atom stereocenters. The molecule has 2 saturated heterocycles. The maximum absolute atomic E-state index is 12.9. The van der Waals surface area contributed by atoms with E-state index < -0.39 is 0 Å². The number of carbonyl (C=O) groups excluding carboxylic acids is 2. The van der Waals surface area contributed by atoms with Gasteiger partial charge in [-0.05, 0) is 36.6 Å². The second-order valence-electron chi connectivity index (χ2n) is 12.8. The van der Waals surface area contributed by atoms with Crippen LogP contribution in [0.15, 0.2) is 71.5 Å². The minimum Gasteiger partial charge on any atom is -0.481 e. The predicted molar refractivity (Wildman–Crippen MR) is 199 cm³/mol. The Balaban J connectivity index is 1.12. The molecule has 11 nitrogen and oxygen atoms in total. The summed E-state index contributed by atoms with van der Waals surface area (Å²) < 4.78 is 5.65. The number of fused-ring (bicyclic) bond motifs is 1. The van der Waals surface area contributed by atoms with Gasteiger partial charge in [0.15, 0.2) is 0 Å². The van der Waals surface area contributed by atoms with Crippen LogP contribution < -0.4 is 31.6 Å². The molecule has 262 valence electrons. The maximum atomic E-state index is 12.9. The van der Waals surface area contributed by atoms with Gasteiger partial charge in [0.05, 0.1) is 40.3 Å². The number of rotatable bonds is 12. The molecule has 2 aliphatic heterocycles. The van der Waals surface area contributed by atoms with Crippen molar-refractivity contribution in [2.45, 2.75) is 50.9 Å². The van der Waals surface area contributed by atoms with Gasteiger partial charge in [0.25, 0.3) is 5.56 Å². The average Bonchev–Trinajstić information content (AvgIpc) is 3.75. The molecule has 5 aromatic rings. The zero-order valence-electron chi connectivity index (χ0n) is 27.9. The fraction of sp³-hybridized carbons (Fsp3) is 0.289. The van der Waals surface area contributed by atoms with Crippen LogP contribution in [0.2, 0.25) is 10.0 Å². The summed E-state index contributed by atoms with van der Waals surface area (Å²) >= 11 is 14.2. The summed E-state index contributed by atoms with van der Waals surface area (Å²) in [6.45, 7) is 2.15. The number of hydrogen-bond donors (Lipinski definition) is 5. The largest absolute Gasteiger partial charge is 0.481 e. The molecule has 0 bridgehead atoms. The summed E-state index contributed by atoms with van der Waals surface area (Å²) in [5, 5.41) is 14.0. The monoisotopic (exact) mass is 725 g/mol. The van der Waals surface area contributed by atoms with Crippen LogP contribution >= 0.6 is 23.2 Å². The summed E-state index contributed by atoms with van der Waals surface area (Å²) in [6.07, 6.45) is 2.71. The summed E-state index contributed by atoms with van der Waals surface area (Å²) in [4.78, 5) is 48.2. The van der Waals surface area contributed by atoms with Crippen molar-refractivity contribution < 1.29 is 14.3 Å². The minimum absolute atomic E-state index is 0.0605. The average molecular weight is 727 g/mol. The van der Waals surface area contributed by atoms with Crippen molar-refractivity contribution in [1.82, 2.24) is 36.2 Å². The van der Waals surface area contributed by atoms with E-state index in [9.17, 15) is 14.4 Å². The highest BCUT2D eigenvalue weighted by Crippen LogP contribution is 2.42. The van der Waals surface area contributed by atoms with Crippen LogP contribution in [0.5, 0.6) is 5.88 Å². The van der Waals surface area contributed by atoms with E-state index in [0.29, 0.717) is 77.4 Å². The number of nitrogens with one attached hydrogen (secondary N) is 5. The van der Waals surface area contributed by atoms with Crippen LogP contribution in [0.3, 0.4) is 0 Å². The number of aromatic amines is 1. The van der Waals surface area contributed by atoms with Crippen molar-refractivity contribution in [3.8, 4) is 39.4 Å². The first-order chi connectivity index (χ1) is 24.8. The number of aromatic nitrogens is 3.